The first-order chi connectivity index (χ1) is 23.2. The molecule has 260 valence electrons. The third kappa shape index (κ3) is 9.47. The number of methoxy groups -OCH3 is 2. The summed E-state index contributed by atoms with van der Waals surface area (Å²) < 4.78 is 40.8. The van der Waals surface area contributed by atoms with Crippen molar-refractivity contribution < 1.29 is 27.5 Å². The number of anilines is 1. The third-order valence-electron chi connectivity index (χ3n) is 7.76. The highest BCUT2D eigenvalue weighted by Crippen LogP contribution is 2.33. The van der Waals surface area contributed by atoms with E-state index in [0.29, 0.717) is 22.0 Å². The fourth-order valence-corrected chi connectivity index (χ4v) is 7.23. The number of nitrogens with one attached hydrogen (secondary N) is 1. The first-order valence-corrected chi connectivity index (χ1v) is 17.8. The van der Waals surface area contributed by atoms with Crippen LogP contribution in [0.15, 0.2) is 89.8 Å². The van der Waals surface area contributed by atoms with E-state index < -0.39 is 28.5 Å². The first kappa shape index (κ1) is 37.6. The fourth-order valence-electron chi connectivity index (χ4n) is 5.50. The lowest BCUT2D eigenvalue weighted by molar-refractivity contribution is -0.140. The van der Waals surface area contributed by atoms with Crippen molar-refractivity contribution >= 4 is 50.7 Å². The summed E-state index contributed by atoms with van der Waals surface area (Å²) in [4.78, 5) is 29.9. The van der Waals surface area contributed by atoms with Gasteiger partial charge in [-0.25, -0.2) is 8.42 Å². The van der Waals surface area contributed by atoms with Crippen LogP contribution in [0.25, 0.3) is 0 Å². The number of halogens is 2. The summed E-state index contributed by atoms with van der Waals surface area (Å²) in [7, 11) is -1.50. The number of amides is 2. The fraction of sp³-hybridized carbons (Fsp3) is 0.297. The average Bonchev–Trinajstić information content (AvgIpc) is 3.05. The van der Waals surface area contributed by atoms with Gasteiger partial charge in [-0.15, -0.1) is 0 Å². The van der Waals surface area contributed by atoms with Crippen molar-refractivity contribution in [1.82, 2.24) is 10.2 Å². The average molecular weight is 727 g/mol. The van der Waals surface area contributed by atoms with E-state index >= 15 is 0 Å². The largest absolute Gasteiger partial charge is 0.493 e. The molecular formula is C37H41Cl2N3O6S. The van der Waals surface area contributed by atoms with Crippen LogP contribution < -0.4 is 19.1 Å². The van der Waals surface area contributed by atoms with Crippen molar-refractivity contribution in [2.45, 2.75) is 57.6 Å². The van der Waals surface area contributed by atoms with Gasteiger partial charge in [0, 0.05) is 25.1 Å². The molecule has 0 aromatic heterocycles. The highest BCUT2D eigenvalue weighted by molar-refractivity contribution is 7.92. The Kier molecular flexibility index (Phi) is 12.6. The second kappa shape index (κ2) is 16.4. The molecule has 4 aromatic rings. The molecule has 49 heavy (non-hydrogen) atoms. The minimum Gasteiger partial charge on any atom is -0.493 e. The molecule has 0 bridgehead atoms. The van der Waals surface area contributed by atoms with E-state index in [-0.39, 0.29) is 40.6 Å². The number of hydrogen-bond donors (Lipinski definition) is 1. The van der Waals surface area contributed by atoms with Gasteiger partial charge in [0.25, 0.3) is 10.0 Å². The van der Waals surface area contributed by atoms with Crippen molar-refractivity contribution in [2.24, 2.45) is 0 Å². The monoisotopic (exact) mass is 725 g/mol. The van der Waals surface area contributed by atoms with E-state index in [4.69, 9.17) is 32.7 Å². The second-order valence-corrected chi connectivity index (χ2v) is 14.7. The van der Waals surface area contributed by atoms with Gasteiger partial charge in [-0.2, -0.15) is 0 Å². The van der Waals surface area contributed by atoms with Gasteiger partial charge in [-0.3, -0.25) is 13.9 Å². The number of ether oxygens (including phenoxy) is 2. The lowest BCUT2D eigenvalue weighted by Crippen LogP contribution is -2.54. The zero-order valence-corrected chi connectivity index (χ0v) is 30.7. The molecule has 2 amide bonds. The maximum Gasteiger partial charge on any atom is 0.264 e. The van der Waals surface area contributed by atoms with E-state index in [2.05, 4.69) is 5.32 Å². The number of sulfonamides is 1. The van der Waals surface area contributed by atoms with Crippen molar-refractivity contribution in [3.05, 3.63) is 117 Å². The van der Waals surface area contributed by atoms with Crippen LogP contribution >= 0.6 is 23.2 Å². The molecule has 4 aromatic carbocycles. The number of aryl methyl sites for hydroxylation is 2. The van der Waals surface area contributed by atoms with E-state index in [1.54, 1.807) is 30.3 Å². The second-order valence-electron chi connectivity index (χ2n) is 12.0. The normalized spacial score (nSPS) is 11.9. The molecule has 0 saturated heterocycles. The van der Waals surface area contributed by atoms with Gasteiger partial charge in [0.15, 0.2) is 11.5 Å². The van der Waals surface area contributed by atoms with E-state index in [9.17, 15) is 18.0 Å². The van der Waals surface area contributed by atoms with Crippen molar-refractivity contribution in [1.29, 1.82) is 0 Å². The maximum absolute atomic E-state index is 14.7. The molecule has 0 aliphatic rings. The highest BCUT2D eigenvalue weighted by Gasteiger charge is 2.35. The van der Waals surface area contributed by atoms with Crippen LogP contribution in [-0.2, 0) is 32.6 Å². The summed E-state index contributed by atoms with van der Waals surface area (Å²) in [5, 5.41) is 3.57. The van der Waals surface area contributed by atoms with Gasteiger partial charge in [-0.1, -0.05) is 65.7 Å². The molecule has 4 rings (SSSR count). The zero-order chi connectivity index (χ0) is 35.9. The van der Waals surface area contributed by atoms with Crippen LogP contribution in [0, 0.1) is 13.8 Å². The summed E-state index contributed by atoms with van der Waals surface area (Å²) in [6.45, 7) is 6.71. The Bertz CT molecular complexity index is 1880. The van der Waals surface area contributed by atoms with Crippen LogP contribution in [0.1, 0.15) is 36.1 Å². The number of nitrogens with zero attached hydrogens (tertiary/aromatic N) is 2. The summed E-state index contributed by atoms with van der Waals surface area (Å²) >= 11 is 12.6. The Labute approximate surface area is 298 Å². The van der Waals surface area contributed by atoms with Crippen LogP contribution in [0.4, 0.5) is 5.69 Å². The molecular weight excluding hydrogens is 685 g/mol. The van der Waals surface area contributed by atoms with Crippen LogP contribution in [0.3, 0.4) is 0 Å². The predicted octanol–water partition coefficient (Wildman–Crippen LogP) is 6.99. The van der Waals surface area contributed by atoms with Gasteiger partial charge in [0.05, 0.1) is 34.8 Å². The molecule has 1 unspecified atom stereocenters. The van der Waals surface area contributed by atoms with Crippen LogP contribution in [0.5, 0.6) is 11.5 Å². The van der Waals surface area contributed by atoms with E-state index in [1.165, 1.54) is 37.3 Å². The molecule has 0 heterocycles. The minimum atomic E-state index is -4.37. The smallest absolute Gasteiger partial charge is 0.264 e. The van der Waals surface area contributed by atoms with Gasteiger partial charge in [0.2, 0.25) is 11.8 Å². The molecule has 1 N–H and O–H groups in total. The molecule has 9 nitrogen and oxygen atoms in total. The zero-order valence-electron chi connectivity index (χ0n) is 28.4. The van der Waals surface area contributed by atoms with Crippen molar-refractivity contribution in [3.63, 3.8) is 0 Å². The lowest BCUT2D eigenvalue weighted by atomic mass is 10.0. The number of rotatable bonds is 14. The molecule has 12 heteroatoms. The Morgan fingerprint density at radius 1 is 0.796 bits per heavy atom. The summed E-state index contributed by atoms with van der Waals surface area (Å²) in [5.41, 5.74) is 3.34. The Morgan fingerprint density at radius 2 is 1.45 bits per heavy atom. The quantitative estimate of drug-likeness (QED) is 0.150. The number of carbonyl (C=O) groups is 2. The van der Waals surface area contributed by atoms with Gasteiger partial charge in [0.1, 0.15) is 12.6 Å². The third-order valence-corrected chi connectivity index (χ3v) is 10.3. The maximum atomic E-state index is 14.7. The van der Waals surface area contributed by atoms with Crippen LogP contribution in [-0.4, -0.2) is 58.0 Å². The highest BCUT2D eigenvalue weighted by atomic mass is 35.5. The minimum absolute atomic E-state index is 0.0458. The molecule has 1 atom stereocenters. The number of benzene rings is 4. The van der Waals surface area contributed by atoms with Crippen LogP contribution in [0.2, 0.25) is 10.0 Å². The van der Waals surface area contributed by atoms with Gasteiger partial charge in [-0.05, 0) is 86.3 Å². The predicted molar refractivity (Wildman–Crippen MR) is 194 cm³/mol. The summed E-state index contributed by atoms with van der Waals surface area (Å²) in [5.74, 6) is -0.421. The van der Waals surface area contributed by atoms with Crippen molar-refractivity contribution in [2.75, 3.05) is 25.1 Å². The molecule has 0 fully saturated rings. The topological polar surface area (TPSA) is 105 Å². The first-order valence-electron chi connectivity index (χ1n) is 15.6. The van der Waals surface area contributed by atoms with Gasteiger partial charge >= 0.3 is 0 Å². The SMILES string of the molecule is COc1ccc(S(=O)(=O)N(CC(=O)N(Cc2ccc(Cl)c(Cl)c2)C(Cc2ccccc2)C(=O)NC(C)C)c2cc(C)cc(C)c2)cc1OC. The standard InChI is InChI=1S/C37H41Cl2N3O6S/c1-24(2)40-37(44)33(20-27-10-8-7-9-11-27)41(22-28-12-14-31(38)32(39)19-28)36(43)23-42(29-17-25(3)16-26(4)18-29)49(45,46)30-13-15-34(47-5)35(21-30)48-6/h7-19,21,24,33H,20,22-23H2,1-6H3,(H,40,44). The molecule has 0 saturated carbocycles. The number of carbonyl (C=O) groups excluding carboxylic acids is 2. The summed E-state index contributed by atoms with van der Waals surface area (Å²) in [6.07, 6.45) is 0.179. The summed E-state index contributed by atoms with van der Waals surface area (Å²) in [6, 6.07) is 22.7. The lowest BCUT2D eigenvalue weighted by Gasteiger charge is -2.34. The van der Waals surface area contributed by atoms with E-state index in [1.807, 2.05) is 64.1 Å². The van der Waals surface area contributed by atoms with Crippen molar-refractivity contribution in [3.8, 4) is 11.5 Å². The Hall–Kier alpha value is -4.25. The Balaban J connectivity index is 1.87. The number of hydrogen-bond acceptors (Lipinski definition) is 6. The van der Waals surface area contributed by atoms with E-state index in [0.717, 1.165) is 21.0 Å². The van der Waals surface area contributed by atoms with Gasteiger partial charge < -0.3 is 19.7 Å². The molecule has 0 aliphatic heterocycles. The molecule has 0 radical (unpaired) electrons. The Morgan fingerprint density at radius 3 is 2.04 bits per heavy atom. The molecule has 0 spiro atoms. The molecule has 0 aliphatic carbocycles.